The number of pyridine rings is 1. The van der Waals surface area contributed by atoms with Gasteiger partial charge in [-0.2, -0.15) is 4.72 Å². The monoisotopic (exact) mass is 761 g/mol. The van der Waals surface area contributed by atoms with Crippen LogP contribution in [0.4, 0.5) is 0 Å². The molecule has 0 unspecified atom stereocenters. The third kappa shape index (κ3) is 9.58. The van der Waals surface area contributed by atoms with E-state index in [9.17, 15) is 18.0 Å². The molecule has 0 radical (unpaired) electrons. The average molecular weight is 763 g/mol. The van der Waals surface area contributed by atoms with Crippen LogP contribution in [0.5, 0.6) is 5.75 Å². The van der Waals surface area contributed by atoms with Crippen molar-refractivity contribution in [3.63, 3.8) is 0 Å². The lowest BCUT2D eigenvalue weighted by Crippen LogP contribution is -2.60. The number of nitrogens with zero attached hydrogens (tertiary/aromatic N) is 6. The Morgan fingerprint density at radius 3 is 2.29 bits per heavy atom. The molecule has 17 heteroatoms. The van der Waals surface area contributed by atoms with Crippen molar-refractivity contribution in [2.24, 2.45) is 16.5 Å². The highest BCUT2D eigenvalue weighted by Crippen LogP contribution is 2.34. The molecule has 0 bridgehead atoms. The number of carbonyl (C=O) groups is 2. The number of amides is 2. The minimum atomic E-state index is -4.30. The van der Waals surface area contributed by atoms with Crippen LogP contribution in [0.15, 0.2) is 52.4 Å². The van der Waals surface area contributed by atoms with Crippen LogP contribution in [0.1, 0.15) is 25.1 Å². The van der Waals surface area contributed by atoms with Gasteiger partial charge in [0.2, 0.25) is 21.8 Å². The number of benzene rings is 2. The first-order chi connectivity index (χ1) is 24.1. The van der Waals surface area contributed by atoms with Gasteiger partial charge < -0.3 is 26.0 Å². The molecule has 0 saturated carbocycles. The van der Waals surface area contributed by atoms with Gasteiger partial charge in [-0.1, -0.05) is 41.4 Å². The van der Waals surface area contributed by atoms with Crippen molar-refractivity contribution in [2.75, 3.05) is 72.0 Å². The van der Waals surface area contributed by atoms with Crippen LogP contribution >= 0.6 is 23.2 Å². The Morgan fingerprint density at radius 2 is 1.61 bits per heavy atom. The fraction of sp³-hybridized carbons (Fsp3) is 0.471. The molecule has 0 spiro atoms. The van der Waals surface area contributed by atoms with E-state index in [1.807, 2.05) is 31.2 Å². The maximum atomic E-state index is 13.7. The second-order valence-electron chi connectivity index (χ2n) is 13.2. The smallest absolute Gasteiger partial charge is 0.243 e. The summed E-state index contributed by atoms with van der Waals surface area (Å²) in [6.07, 6.45) is 0. The van der Waals surface area contributed by atoms with E-state index in [0.29, 0.717) is 37.4 Å². The number of nitrogens with two attached hydrogens (primary N) is 2. The number of halogens is 2. The van der Waals surface area contributed by atoms with Crippen LogP contribution in [0, 0.1) is 6.92 Å². The van der Waals surface area contributed by atoms with Crippen molar-refractivity contribution in [3.05, 3.63) is 63.8 Å². The lowest BCUT2D eigenvalue weighted by atomic mass is 10.0. The normalized spacial score (nSPS) is 16.3. The number of hydrogen-bond donors (Lipinski definition) is 3. The molecule has 51 heavy (non-hydrogen) atoms. The van der Waals surface area contributed by atoms with Crippen LogP contribution < -0.4 is 20.9 Å². The van der Waals surface area contributed by atoms with Gasteiger partial charge in [-0.15, -0.1) is 0 Å². The Kier molecular flexibility index (Phi) is 12.3. The predicted octanol–water partition coefficient (Wildman–Crippen LogP) is 2.05. The lowest BCUT2D eigenvalue weighted by Gasteiger charge is -2.40. The summed E-state index contributed by atoms with van der Waals surface area (Å²) in [6.45, 7) is 10.8. The first-order valence-corrected chi connectivity index (χ1v) is 19.0. The van der Waals surface area contributed by atoms with E-state index in [-0.39, 0.29) is 52.1 Å². The number of para-hydroxylation sites is 1. The van der Waals surface area contributed by atoms with Crippen LogP contribution in [0.3, 0.4) is 0 Å². The first-order valence-electron chi connectivity index (χ1n) is 16.7. The number of aromatic nitrogens is 1. The quantitative estimate of drug-likeness (QED) is 0.183. The Labute approximate surface area is 308 Å². The maximum absolute atomic E-state index is 13.7. The number of hydrogen-bond acceptors (Lipinski definition) is 9. The van der Waals surface area contributed by atoms with Crippen LogP contribution in [-0.4, -0.2) is 128 Å². The van der Waals surface area contributed by atoms with Gasteiger partial charge in [-0.25, -0.2) is 13.4 Å². The van der Waals surface area contributed by atoms with Crippen molar-refractivity contribution >= 4 is 61.9 Å². The molecule has 14 nitrogen and oxygen atoms in total. The van der Waals surface area contributed by atoms with Crippen molar-refractivity contribution in [1.29, 1.82) is 0 Å². The van der Waals surface area contributed by atoms with Gasteiger partial charge in [0.15, 0.2) is 5.96 Å². The summed E-state index contributed by atoms with van der Waals surface area (Å²) in [4.78, 5) is 42.8. The minimum Gasteiger partial charge on any atom is -0.487 e. The third-order valence-corrected chi connectivity index (χ3v) is 11.6. The number of guanidine groups is 1. The van der Waals surface area contributed by atoms with Gasteiger partial charge in [0.1, 0.15) is 28.3 Å². The number of rotatable bonds is 12. The molecule has 2 fully saturated rings. The number of sulfonamides is 1. The Morgan fingerprint density at radius 1 is 0.941 bits per heavy atom. The van der Waals surface area contributed by atoms with Crippen molar-refractivity contribution in [2.45, 2.75) is 37.8 Å². The highest BCUT2D eigenvalue weighted by molar-refractivity contribution is 7.89. The summed E-state index contributed by atoms with van der Waals surface area (Å²) in [5.41, 5.74) is 11.0. The molecule has 2 amide bonds. The van der Waals surface area contributed by atoms with Gasteiger partial charge >= 0.3 is 0 Å². The molecular weight excluding hydrogens is 717 g/mol. The Bertz CT molecular complexity index is 1890. The molecule has 3 aromatic rings. The number of nitrogens with one attached hydrogen (secondary N) is 1. The molecule has 0 aliphatic carbocycles. The fourth-order valence-corrected chi connectivity index (χ4v) is 8.43. The summed E-state index contributed by atoms with van der Waals surface area (Å²) >= 11 is 13.1. The Hall–Kier alpha value is -3.73. The number of ether oxygens (including phenoxy) is 1. The van der Waals surface area contributed by atoms with Crippen LogP contribution in [-0.2, 0) is 26.2 Å². The van der Waals surface area contributed by atoms with Gasteiger partial charge in [0.05, 0.1) is 18.1 Å². The van der Waals surface area contributed by atoms with Gasteiger partial charge in [-0.3, -0.25) is 24.4 Å². The molecular formula is C34H45Cl2N9O5S. The molecule has 276 valence electrons. The van der Waals surface area contributed by atoms with Crippen molar-refractivity contribution in [3.8, 4) is 5.75 Å². The van der Waals surface area contributed by atoms with Gasteiger partial charge in [-0.05, 0) is 45.0 Å². The number of aryl methyl sites for hydroxylation is 1. The lowest BCUT2D eigenvalue weighted by molar-refractivity contribution is -0.143. The van der Waals surface area contributed by atoms with E-state index in [0.717, 1.165) is 43.8 Å². The van der Waals surface area contributed by atoms with E-state index >= 15 is 0 Å². The topological polar surface area (TPSA) is 180 Å². The van der Waals surface area contributed by atoms with E-state index in [1.54, 1.807) is 15.9 Å². The minimum absolute atomic E-state index is 0.00000858. The van der Waals surface area contributed by atoms with Crippen LogP contribution in [0.2, 0.25) is 10.0 Å². The zero-order chi connectivity index (χ0) is 36.9. The number of fused-ring (bicyclic) bond motifs is 1. The zero-order valence-electron chi connectivity index (χ0n) is 29.1. The third-order valence-electron chi connectivity index (χ3n) is 9.01. The molecule has 0 atom stereocenters. The van der Waals surface area contributed by atoms with Crippen molar-refractivity contribution < 1.29 is 22.7 Å². The highest BCUT2D eigenvalue weighted by Gasteiger charge is 2.39. The molecule has 5 rings (SSSR count). The van der Waals surface area contributed by atoms with Gasteiger partial charge in [0.25, 0.3) is 0 Å². The molecule has 2 saturated heterocycles. The largest absolute Gasteiger partial charge is 0.487 e. The molecule has 2 aliphatic rings. The number of aliphatic imine (C=N–C) groups is 1. The highest BCUT2D eigenvalue weighted by atomic mass is 35.5. The van der Waals surface area contributed by atoms with E-state index < -0.39 is 21.5 Å². The second-order valence-corrected chi connectivity index (χ2v) is 15.7. The van der Waals surface area contributed by atoms with Crippen LogP contribution in [0.25, 0.3) is 10.9 Å². The summed E-state index contributed by atoms with van der Waals surface area (Å²) in [5.74, 6) is 0.164. The van der Waals surface area contributed by atoms with E-state index in [1.165, 1.54) is 26.0 Å². The first kappa shape index (κ1) is 38.5. The SMILES string of the molecule is Cc1ccc2cccc(OCc3c(Cl)ccc(S(=O)(=O)NC(C)(C)C(=O)N4CCN(C(=O)CN5CCN(CCN=C(N)N)CC5)CC4)c3Cl)c2n1. The summed E-state index contributed by atoms with van der Waals surface area (Å²) in [6, 6.07) is 12.1. The molecule has 5 N–H and O–H groups in total. The standard InChI is InChI=1S/C34H45Cl2N9O5S/c1-23-7-8-24-5-4-6-27(31(24)40-23)50-22-25-26(35)9-10-28(30(25)36)51(48,49)41-34(2,3)32(47)45-19-17-44(18-20-45)29(46)21-43-15-13-42(14-16-43)12-11-39-33(37)38/h4-10,41H,11-22H2,1-3H3,(H4,37,38,39). The summed E-state index contributed by atoms with van der Waals surface area (Å²) < 4.78 is 36.0. The summed E-state index contributed by atoms with van der Waals surface area (Å²) in [5, 5.41) is 1.01. The molecule has 2 aliphatic heterocycles. The number of piperazine rings is 2. The van der Waals surface area contributed by atoms with E-state index in [2.05, 4.69) is 24.5 Å². The molecule has 3 heterocycles. The summed E-state index contributed by atoms with van der Waals surface area (Å²) in [7, 11) is -4.30. The van der Waals surface area contributed by atoms with E-state index in [4.69, 9.17) is 39.4 Å². The Balaban J connectivity index is 1.16. The maximum Gasteiger partial charge on any atom is 0.243 e. The molecule has 2 aromatic carbocycles. The average Bonchev–Trinajstić information content (AvgIpc) is 3.08. The zero-order valence-corrected chi connectivity index (χ0v) is 31.4. The molecule has 1 aromatic heterocycles. The second kappa shape index (κ2) is 16.3. The van der Waals surface area contributed by atoms with Crippen molar-refractivity contribution in [1.82, 2.24) is 29.3 Å². The number of carbonyl (C=O) groups excluding carboxylic acids is 2. The van der Waals surface area contributed by atoms with Gasteiger partial charge in [0, 0.05) is 80.6 Å². The predicted molar refractivity (Wildman–Crippen MR) is 198 cm³/mol. The fourth-order valence-electron chi connectivity index (χ4n) is 6.17.